The van der Waals surface area contributed by atoms with Crippen molar-refractivity contribution in [3.05, 3.63) is 65.5 Å². The summed E-state index contributed by atoms with van der Waals surface area (Å²) in [5.41, 5.74) is 1.94. The van der Waals surface area contributed by atoms with E-state index in [-0.39, 0.29) is 18.5 Å². The highest BCUT2D eigenvalue weighted by Gasteiger charge is 2.32. The number of anilines is 1. The van der Waals surface area contributed by atoms with E-state index in [1.165, 1.54) is 17.0 Å². The average molecular weight is 492 g/mol. The van der Waals surface area contributed by atoms with Crippen molar-refractivity contribution in [1.29, 1.82) is 0 Å². The number of halogens is 1. The normalized spacial score (nSPS) is 13.1. The third kappa shape index (κ3) is 7.55. The van der Waals surface area contributed by atoms with Crippen LogP contribution in [0, 0.1) is 12.7 Å². The summed E-state index contributed by atoms with van der Waals surface area (Å²) in [6.45, 7) is 7.07. The van der Waals surface area contributed by atoms with Gasteiger partial charge in [-0.3, -0.25) is 13.9 Å². The minimum absolute atomic E-state index is 0.0387. The van der Waals surface area contributed by atoms with Crippen LogP contribution in [0.15, 0.2) is 48.5 Å². The van der Waals surface area contributed by atoms with Gasteiger partial charge in [0.2, 0.25) is 21.8 Å². The van der Waals surface area contributed by atoms with Crippen LogP contribution in [0.25, 0.3) is 0 Å². The molecular weight excluding hydrogens is 457 g/mol. The van der Waals surface area contributed by atoms with Gasteiger partial charge in [-0.15, -0.1) is 0 Å². The molecule has 0 aliphatic rings. The third-order valence-corrected chi connectivity index (χ3v) is 6.79. The van der Waals surface area contributed by atoms with E-state index in [0.29, 0.717) is 17.7 Å². The van der Waals surface area contributed by atoms with Crippen molar-refractivity contribution in [3.63, 3.8) is 0 Å². The van der Waals surface area contributed by atoms with Crippen molar-refractivity contribution in [2.24, 2.45) is 0 Å². The number of amides is 2. The van der Waals surface area contributed by atoms with Gasteiger partial charge in [0.15, 0.2) is 0 Å². The topological polar surface area (TPSA) is 86.8 Å². The molecule has 9 heteroatoms. The maximum absolute atomic E-state index is 13.5. The van der Waals surface area contributed by atoms with Gasteiger partial charge in [-0.05, 0) is 56.5 Å². The van der Waals surface area contributed by atoms with E-state index in [0.717, 1.165) is 22.5 Å². The summed E-state index contributed by atoms with van der Waals surface area (Å²) < 4.78 is 39.6. The fraction of sp³-hybridized carbons (Fsp3) is 0.440. The quantitative estimate of drug-likeness (QED) is 0.520. The number of rotatable bonds is 11. The van der Waals surface area contributed by atoms with Crippen LogP contribution in [0.3, 0.4) is 0 Å². The standard InChI is InChI=1S/C25H34FN3O4S/c1-6-19(4)27-25(31)23(7-2)28(16-20-10-12-21(26)13-11-20)24(30)17-29(34(5,32)33)22-14-8-18(3)9-15-22/h8-15,19,23H,6-7,16-17H2,1-5H3,(H,27,31)/t19-,23-/m0/s1. The number of sulfonamides is 1. The second-order valence-electron chi connectivity index (χ2n) is 8.50. The molecular formula is C25H34FN3O4S. The van der Waals surface area contributed by atoms with Crippen molar-refractivity contribution >= 4 is 27.5 Å². The van der Waals surface area contributed by atoms with E-state index >= 15 is 0 Å². The molecule has 0 saturated heterocycles. The van der Waals surface area contributed by atoms with Crippen molar-refractivity contribution in [1.82, 2.24) is 10.2 Å². The van der Waals surface area contributed by atoms with Crippen LogP contribution < -0.4 is 9.62 Å². The maximum atomic E-state index is 13.5. The number of aryl methyl sites for hydroxylation is 1. The minimum Gasteiger partial charge on any atom is -0.352 e. The molecule has 186 valence electrons. The van der Waals surface area contributed by atoms with E-state index in [1.807, 2.05) is 20.8 Å². The van der Waals surface area contributed by atoms with Crippen molar-refractivity contribution in [2.45, 2.75) is 59.2 Å². The molecule has 0 bridgehead atoms. The number of nitrogens with zero attached hydrogens (tertiary/aromatic N) is 2. The molecule has 1 N–H and O–H groups in total. The van der Waals surface area contributed by atoms with Gasteiger partial charge in [0.1, 0.15) is 18.4 Å². The summed E-state index contributed by atoms with van der Waals surface area (Å²) in [6.07, 6.45) is 2.10. The predicted molar refractivity (Wildman–Crippen MR) is 132 cm³/mol. The van der Waals surface area contributed by atoms with Crippen LogP contribution in [0.1, 0.15) is 44.7 Å². The summed E-state index contributed by atoms with van der Waals surface area (Å²) in [5, 5.41) is 2.91. The molecule has 2 aromatic rings. The molecule has 0 unspecified atom stereocenters. The Balaban J connectivity index is 2.41. The Kier molecular flexibility index (Phi) is 9.61. The molecule has 0 aromatic heterocycles. The molecule has 2 rings (SSSR count). The fourth-order valence-electron chi connectivity index (χ4n) is 3.47. The third-order valence-electron chi connectivity index (χ3n) is 5.65. The van der Waals surface area contributed by atoms with E-state index in [1.54, 1.807) is 43.3 Å². The molecule has 0 aliphatic carbocycles. The first-order valence-corrected chi connectivity index (χ1v) is 13.2. The van der Waals surface area contributed by atoms with Gasteiger partial charge < -0.3 is 10.2 Å². The van der Waals surface area contributed by atoms with Gasteiger partial charge in [0.05, 0.1) is 11.9 Å². The summed E-state index contributed by atoms with van der Waals surface area (Å²) in [6, 6.07) is 11.6. The lowest BCUT2D eigenvalue weighted by molar-refractivity contribution is -0.140. The fourth-order valence-corrected chi connectivity index (χ4v) is 4.32. The highest BCUT2D eigenvalue weighted by atomic mass is 32.2. The van der Waals surface area contributed by atoms with Crippen LogP contribution in [0.2, 0.25) is 0 Å². The molecule has 2 amide bonds. The highest BCUT2D eigenvalue weighted by molar-refractivity contribution is 7.92. The van der Waals surface area contributed by atoms with Crippen LogP contribution in [-0.4, -0.2) is 50.0 Å². The number of benzene rings is 2. The van der Waals surface area contributed by atoms with E-state index < -0.39 is 34.3 Å². The number of carbonyl (C=O) groups is 2. The molecule has 34 heavy (non-hydrogen) atoms. The molecule has 0 saturated carbocycles. The molecule has 2 atom stereocenters. The van der Waals surface area contributed by atoms with Gasteiger partial charge in [-0.2, -0.15) is 0 Å². The number of hydrogen-bond donors (Lipinski definition) is 1. The van der Waals surface area contributed by atoms with Crippen molar-refractivity contribution < 1.29 is 22.4 Å². The number of carbonyl (C=O) groups excluding carboxylic acids is 2. The summed E-state index contributed by atoms with van der Waals surface area (Å²) in [5.74, 6) is -1.25. The zero-order chi connectivity index (χ0) is 25.5. The zero-order valence-corrected chi connectivity index (χ0v) is 21.2. The molecule has 0 fully saturated rings. The SMILES string of the molecule is CC[C@H](C)NC(=O)[C@H](CC)N(Cc1ccc(F)cc1)C(=O)CN(c1ccc(C)cc1)S(C)(=O)=O. The van der Waals surface area contributed by atoms with Gasteiger partial charge in [0.25, 0.3) is 0 Å². The van der Waals surface area contributed by atoms with Crippen LogP contribution in [-0.2, 0) is 26.2 Å². The smallest absolute Gasteiger partial charge is 0.244 e. The first-order chi connectivity index (χ1) is 16.0. The van der Waals surface area contributed by atoms with E-state index in [9.17, 15) is 22.4 Å². The summed E-state index contributed by atoms with van der Waals surface area (Å²) >= 11 is 0. The van der Waals surface area contributed by atoms with Crippen molar-refractivity contribution in [3.8, 4) is 0 Å². The monoisotopic (exact) mass is 491 g/mol. The molecule has 0 spiro atoms. The van der Waals surface area contributed by atoms with Crippen LogP contribution in [0.5, 0.6) is 0 Å². The molecule has 7 nitrogen and oxygen atoms in total. The first kappa shape index (κ1) is 27.3. The average Bonchev–Trinajstić information content (AvgIpc) is 2.78. The van der Waals surface area contributed by atoms with E-state index in [2.05, 4.69) is 5.32 Å². The Morgan fingerprint density at radius 2 is 1.59 bits per heavy atom. The summed E-state index contributed by atoms with van der Waals surface area (Å²) in [4.78, 5) is 27.9. The second-order valence-corrected chi connectivity index (χ2v) is 10.4. The zero-order valence-electron chi connectivity index (χ0n) is 20.4. The Morgan fingerprint density at radius 1 is 1.00 bits per heavy atom. The maximum Gasteiger partial charge on any atom is 0.244 e. The number of nitrogens with one attached hydrogen (secondary N) is 1. The minimum atomic E-state index is -3.78. The molecule has 0 radical (unpaired) electrons. The summed E-state index contributed by atoms with van der Waals surface area (Å²) in [7, 11) is -3.78. The predicted octanol–water partition coefficient (Wildman–Crippen LogP) is 3.62. The largest absolute Gasteiger partial charge is 0.352 e. The number of hydrogen-bond acceptors (Lipinski definition) is 4. The van der Waals surface area contributed by atoms with Crippen LogP contribution in [0.4, 0.5) is 10.1 Å². The lowest BCUT2D eigenvalue weighted by atomic mass is 10.1. The second kappa shape index (κ2) is 12.0. The van der Waals surface area contributed by atoms with Gasteiger partial charge in [-0.1, -0.05) is 43.7 Å². The Bertz CT molecular complexity index is 1070. The molecule has 0 aliphatic heterocycles. The molecule has 2 aromatic carbocycles. The first-order valence-electron chi connectivity index (χ1n) is 11.3. The highest BCUT2D eigenvalue weighted by Crippen LogP contribution is 2.20. The van der Waals surface area contributed by atoms with Gasteiger partial charge in [0, 0.05) is 12.6 Å². The molecule has 0 heterocycles. The Morgan fingerprint density at radius 3 is 2.09 bits per heavy atom. The lowest BCUT2D eigenvalue weighted by Gasteiger charge is -2.33. The van der Waals surface area contributed by atoms with E-state index in [4.69, 9.17) is 0 Å². The van der Waals surface area contributed by atoms with Gasteiger partial charge >= 0.3 is 0 Å². The lowest BCUT2D eigenvalue weighted by Crippen LogP contribution is -2.53. The van der Waals surface area contributed by atoms with Crippen LogP contribution >= 0.6 is 0 Å². The van der Waals surface area contributed by atoms with Crippen molar-refractivity contribution in [2.75, 3.05) is 17.1 Å². The van der Waals surface area contributed by atoms with Gasteiger partial charge in [-0.25, -0.2) is 12.8 Å². The Hall–Kier alpha value is -2.94. The Labute approximate surface area is 202 Å².